The summed E-state index contributed by atoms with van der Waals surface area (Å²) in [5.74, 6) is -1.05. The average Bonchev–Trinajstić information content (AvgIpc) is 2.09. The Morgan fingerprint density at radius 3 is 2.53 bits per heavy atom. The summed E-state index contributed by atoms with van der Waals surface area (Å²) >= 11 is 4.67. The minimum atomic E-state index is -1.05. The van der Waals surface area contributed by atoms with E-state index in [0.29, 0.717) is 0 Å². The van der Waals surface area contributed by atoms with Gasteiger partial charge in [-0.25, -0.2) is 0 Å². The fourth-order valence-corrected chi connectivity index (χ4v) is 2.51. The molecule has 0 saturated heterocycles. The van der Waals surface area contributed by atoms with Crippen LogP contribution in [0.2, 0.25) is 0 Å². The molecule has 0 heterocycles. The normalized spacial score (nSPS) is 11.5. The van der Waals surface area contributed by atoms with Crippen molar-refractivity contribution in [3.63, 3.8) is 0 Å². The molecule has 0 unspecified atom stereocenters. The highest BCUT2D eigenvalue weighted by molar-refractivity contribution is 9.10. The molecule has 0 atom stereocenters. The molecule has 0 radical (unpaired) electrons. The number of aryl methyl sites for hydroxylation is 1. The summed E-state index contributed by atoms with van der Waals surface area (Å²) in [4.78, 5) is 11.8. The molecule has 4 heteroatoms. The van der Waals surface area contributed by atoms with Gasteiger partial charge in [0.05, 0.1) is 10.7 Å². The van der Waals surface area contributed by atoms with E-state index in [9.17, 15) is 9.90 Å². The highest BCUT2D eigenvalue weighted by Crippen LogP contribution is 2.34. The first-order valence-corrected chi connectivity index (χ1v) is 6.10. The summed E-state index contributed by atoms with van der Waals surface area (Å²) in [6, 6.07) is 5.78. The number of rotatable bonds is 3. The number of carboxylic acid groups (broad SMARTS) is 1. The number of benzene rings is 1. The Morgan fingerprint density at radius 1 is 1.47 bits per heavy atom. The molecular formula is C11H12BrO2S-. The van der Waals surface area contributed by atoms with Crippen LogP contribution in [0, 0.1) is 6.92 Å². The van der Waals surface area contributed by atoms with E-state index in [1.165, 1.54) is 11.8 Å². The van der Waals surface area contributed by atoms with Crippen LogP contribution in [0.25, 0.3) is 0 Å². The predicted octanol–water partition coefficient (Wildman–Crippen LogP) is 2.38. The van der Waals surface area contributed by atoms with Crippen LogP contribution in [0.4, 0.5) is 0 Å². The Hall–Kier alpha value is -0.480. The lowest BCUT2D eigenvalue weighted by molar-refractivity contribution is -0.308. The van der Waals surface area contributed by atoms with Gasteiger partial charge in [-0.1, -0.05) is 15.9 Å². The van der Waals surface area contributed by atoms with Crippen molar-refractivity contribution < 1.29 is 9.90 Å². The van der Waals surface area contributed by atoms with Gasteiger partial charge >= 0.3 is 0 Å². The van der Waals surface area contributed by atoms with Crippen LogP contribution >= 0.6 is 27.7 Å². The second-order valence-electron chi connectivity index (χ2n) is 3.81. The molecule has 2 nitrogen and oxygen atoms in total. The monoisotopic (exact) mass is 287 g/mol. The van der Waals surface area contributed by atoms with Gasteiger partial charge in [-0.05, 0) is 44.5 Å². The first-order chi connectivity index (χ1) is 6.83. The summed E-state index contributed by atoms with van der Waals surface area (Å²) in [6.07, 6.45) is 0. The van der Waals surface area contributed by atoms with Crippen molar-refractivity contribution in [3.05, 3.63) is 28.2 Å². The van der Waals surface area contributed by atoms with Crippen LogP contribution in [0.5, 0.6) is 0 Å². The van der Waals surface area contributed by atoms with Crippen LogP contribution < -0.4 is 5.11 Å². The summed E-state index contributed by atoms with van der Waals surface area (Å²) in [5, 5.41) is 10.9. The number of carbonyl (C=O) groups is 1. The van der Waals surface area contributed by atoms with Gasteiger partial charge in [0, 0.05) is 9.37 Å². The van der Waals surface area contributed by atoms with Crippen molar-refractivity contribution in [1.29, 1.82) is 0 Å². The van der Waals surface area contributed by atoms with Crippen LogP contribution in [-0.4, -0.2) is 10.7 Å². The third kappa shape index (κ3) is 3.24. The van der Waals surface area contributed by atoms with Gasteiger partial charge in [0.25, 0.3) is 0 Å². The molecule has 1 aromatic rings. The molecule has 0 aliphatic carbocycles. The van der Waals surface area contributed by atoms with Gasteiger partial charge in [-0.3, -0.25) is 0 Å². The van der Waals surface area contributed by atoms with E-state index >= 15 is 0 Å². The minimum Gasteiger partial charge on any atom is -0.549 e. The summed E-state index contributed by atoms with van der Waals surface area (Å²) in [6.45, 7) is 5.25. The van der Waals surface area contributed by atoms with E-state index < -0.39 is 10.7 Å². The Bertz CT molecular complexity index is 388. The fourth-order valence-electron chi connectivity index (χ4n) is 1.04. The van der Waals surface area contributed by atoms with Crippen LogP contribution in [-0.2, 0) is 4.79 Å². The lowest BCUT2D eigenvalue weighted by Gasteiger charge is -2.25. The van der Waals surface area contributed by atoms with Crippen molar-refractivity contribution in [2.24, 2.45) is 0 Å². The molecule has 0 spiro atoms. The fraction of sp³-hybridized carbons (Fsp3) is 0.364. The Kier molecular flexibility index (Phi) is 3.84. The topological polar surface area (TPSA) is 40.1 Å². The maximum atomic E-state index is 10.9. The number of carbonyl (C=O) groups excluding carboxylic acids is 1. The maximum Gasteiger partial charge on any atom is 0.0573 e. The second-order valence-corrected chi connectivity index (χ2v) is 6.39. The number of aliphatic carboxylic acids is 1. The third-order valence-corrected chi connectivity index (χ3v) is 3.84. The van der Waals surface area contributed by atoms with E-state index in [0.717, 1.165) is 14.9 Å². The molecule has 0 amide bonds. The standard InChI is InChI=1S/C11H13BrO2S/c1-7-6-8(12)4-5-9(7)15-11(2,3)10(13)14/h4-6H,1-3H3,(H,13,14)/p-1. The Balaban J connectivity index is 2.95. The summed E-state index contributed by atoms with van der Waals surface area (Å²) in [5.41, 5.74) is 1.06. The molecule has 0 aliphatic heterocycles. The molecule has 0 aliphatic rings. The molecule has 15 heavy (non-hydrogen) atoms. The summed E-state index contributed by atoms with van der Waals surface area (Å²) in [7, 11) is 0. The first kappa shape index (κ1) is 12.6. The number of hydrogen-bond acceptors (Lipinski definition) is 3. The van der Waals surface area contributed by atoms with Crippen LogP contribution in [0.15, 0.2) is 27.6 Å². The highest BCUT2D eigenvalue weighted by Gasteiger charge is 2.21. The zero-order valence-corrected chi connectivity index (χ0v) is 11.2. The quantitative estimate of drug-likeness (QED) is 0.802. The van der Waals surface area contributed by atoms with E-state index in [4.69, 9.17) is 0 Å². The molecule has 82 valence electrons. The third-order valence-electron chi connectivity index (χ3n) is 1.99. The van der Waals surface area contributed by atoms with E-state index in [-0.39, 0.29) is 0 Å². The van der Waals surface area contributed by atoms with Crippen molar-refractivity contribution >= 4 is 33.7 Å². The molecule has 0 saturated carbocycles. The van der Waals surface area contributed by atoms with Crippen molar-refractivity contribution in [3.8, 4) is 0 Å². The lowest BCUT2D eigenvalue weighted by atomic mass is 10.2. The maximum absolute atomic E-state index is 10.9. The van der Waals surface area contributed by atoms with Crippen molar-refractivity contribution in [2.75, 3.05) is 0 Å². The van der Waals surface area contributed by atoms with Crippen LogP contribution in [0.1, 0.15) is 19.4 Å². The van der Waals surface area contributed by atoms with Gasteiger partial charge in [0.1, 0.15) is 0 Å². The number of hydrogen-bond donors (Lipinski definition) is 0. The molecular weight excluding hydrogens is 276 g/mol. The van der Waals surface area contributed by atoms with Gasteiger partial charge in [0.2, 0.25) is 0 Å². The predicted molar refractivity (Wildman–Crippen MR) is 63.8 cm³/mol. The molecule has 0 bridgehead atoms. The summed E-state index contributed by atoms with van der Waals surface area (Å²) < 4.78 is 0.0918. The molecule has 1 rings (SSSR count). The smallest absolute Gasteiger partial charge is 0.0573 e. The molecule has 0 fully saturated rings. The van der Waals surface area contributed by atoms with E-state index in [2.05, 4.69) is 15.9 Å². The number of halogens is 1. The van der Waals surface area contributed by atoms with Crippen LogP contribution in [0.3, 0.4) is 0 Å². The zero-order valence-electron chi connectivity index (χ0n) is 8.83. The van der Waals surface area contributed by atoms with Gasteiger partial charge < -0.3 is 9.90 Å². The van der Waals surface area contributed by atoms with E-state index in [1.54, 1.807) is 13.8 Å². The molecule has 1 aromatic carbocycles. The number of carboxylic acids is 1. The average molecular weight is 288 g/mol. The Morgan fingerprint density at radius 2 is 2.07 bits per heavy atom. The first-order valence-electron chi connectivity index (χ1n) is 4.49. The number of thioether (sulfide) groups is 1. The SMILES string of the molecule is Cc1cc(Br)ccc1SC(C)(C)C(=O)[O-]. The van der Waals surface area contributed by atoms with E-state index in [1.807, 2.05) is 25.1 Å². The zero-order chi connectivity index (χ0) is 11.6. The lowest BCUT2D eigenvalue weighted by Crippen LogP contribution is -2.40. The minimum absolute atomic E-state index is 0.904. The van der Waals surface area contributed by atoms with Crippen molar-refractivity contribution in [1.82, 2.24) is 0 Å². The molecule has 0 aromatic heterocycles. The van der Waals surface area contributed by atoms with Gasteiger partial charge in [-0.2, -0.15) is 0 Å². The van der Waals surface area contributed by atoms with Gasteiger partial charge in [0.15, 0.2) is 0 Å². The molecule has 0 N–H and O–H groups in total. The largest absolute Gasteiger partial charge is 0.549 e. The Labute approximate surface area is 102 Å². The highest BCUT2D eigenvalue weighted by atomic mass is 79.9. The second kappa shape index (κ2) is 4.58. The van der Waals surface area contributed by atoms with Gasteiger partial charge in [-0.15, -0.1) is 11.8 Å². The van der Waals surface area contributed by atoms with Crippen molar-refractivity contribution in [2.45, 2.75) is 30.4 Å².